The van der Waals surface area contributed by atoms with Gasteiger partial charge in [-0.2, -0.15) is 9.61 Å². The Bertz CT molecular complexity index is 977. The second-order valence-corrected chi connectivity index (χ2v) is 7.15. The zero-order valence-corrected chi connectivity index (χ0v) is 15.1. The second-order valence-electron chi connectivity index (χ2n) is 6.74. The van der Waals surface area contributed by atoms with E-state index in [9.17, 15) is 9.90 Å². The largest absolute Gasteiger partial charge is 0.477 e. The van der Waals surface area contributed by atoms with E-state index >= 15 is 0 Å². The number of rotatable bonds is 3. The first kappa shape index (κ1) is 16.8. The van der Waals surface area contributed by atoms with Crippen molar-refractivity contribution in [2.24, 2.45) is 5.92 Å². The summed E-state index contributed by atoms with van der Waals surface area (Å²) >= 11 is 6.43. The highest BCUT2D eigenvalue weighted by Gasteiger charge is 2.25. The molecular formula is C19H19ClN4O2. The topological polar surface area (TPSA) is 70.7 Å². The average Bonchev–Trinajstić information content (AvgIpc) is 3.07. The summed E-state index contributed by atoms with van der Waals surface area (Å²) in [5.41, 5.74) is 2.17. The fourth-order valence-electron chi connectivity index (χ4n) is 3.46. The van der Waals surface area contributed by atoms with Crippen LogP contribution in [0.15, 0.2) is 36.7 Å². The van der Waals surface area contributed by atoms with E-state index in [1.165, 1.54) is 6.20 Å². The number of nitrogens with zero attached hydrogens (tertiary/aromatic N) is 4. The van der Waals surface area contributed by atoms with E-state index in [1.54, 1.807) is 10.7 Å². The van der Waals surface area contributed by atoms with Crippen molar-refractivity contribution in [3.63, 3.8) is 0 Å². The number of aromatic nitrogens is 3. The molecule has 0 radical (unpaired) electrons. The van der Waals surface area contributed by atoms with Crippen LogP contribution in [0.25, 0.3) is 16.8 Å². The van der Waals surface area contributed by atoms with Crippen LogP contribution < -0.4 is 4.90 Å². The first-order valence-electron chi connectivity index (χ1n) is 8.66. The molecule has 3 aromatic rings. The average molecular weight is 371 g/mol. The van der Waals surface area contributed by atoms with E-state index in [2.05, 4.69) is 21.9 Å². The standard InChI is InChI=1S/C19H19ClN4O2/c1-12-6-8-23(9-7-12)18-14(13-4-2-3-5-16(13)20)10-21-17-15(19(25)26)11-22-24(17)18/h2-5,10-12H,6-9H2,1H3,(H,25,26). The van der Waals surface area contributed by atoms with E-state index in [1.807, 2.05) is 24.3 Å². The van der Waals surface area contributed by atoms with Gasteiger partial charge in [0.05, 0.1) is 6.20 Å². The Hall–Kier alpha value is -2.60. The molecule has 6 nitrogen and oxygen atoms in total. The normalized spacial score (nSPS) is 15.5. The maximum Gasteiger partial charge on any atom is 0.341 e. The molecule has 0 unspecified atom stereocenters. The molecule has 26 heavy (non-hydrogen) atoms. The third-order valence-corrected chi connectivity index (χ3v) is 5.31. The van der Waals surface area contributed by atoms with E-state index in [0.717, 1.165) is 42.9 Å². The van der Waals surface area contributed by atoms with Crippen molar-refractivity contribution in [3.05, 3.63) is 47.2 Å². The molecule has 1 aliphatic heterocycles. The van der Waals surface area contributed by atoms with Crippen molar-refractivity contribution in [2.45, 2.75) is 19.8 Å². The van der Waals surface area contributed by atoms with Gasteiger partial charge >= 0.3 is 5.97 Å². The summed E-state index contributed by atoms with van der Waals surface area (Å²) in [6.45, 7) is 4.03. The van der Waals surface area contributed by atoms with Crippen molar-refractivity contribution in [3.8, 4) is 11.1 Å². The molecule has 1 aliphatic rings. The number of hydrogen-bond donors (Lipinski definition) is 1. The Morgan fingerprint density at radius 1 is 1.19 bits per heavy atom. The lowest BCUT2D eigenvalue weighted by molar-refractivity contribution is 0.0698. The maximum atomic E-state index is 11.5. The fraction of sp³-hybridized carbons (Fsp3) is 0.316. The highest BCUT2D eigenvalue weighted by Crippen LogP contribution is 2.37. The Morgan fingerprint density at radius 2 is 1.92 bits per heavy atom. The van der Waals surface area contributed by atoms with Crippen LogP contribution in [0.4, 0.5) is 5.82 Å². The van der Waals surface area contributed by atoms with Gasteiger partial charge in [0.1, 0.15) is 11.4 Å². The van der Waals surface area contributed by atoms with Gasteiger partial charge in [-0.25, -0.2) is 9.78 Å². The van der Waals surface area contributed by atoms with Crippen LogP contribution in [-0.2, 0) is 0 Å². The summed E-state index contributed by atoms with van der Waals surface area (Å²) in [7, 11) is 0. The molecule has 0 amide bonds. The van der Waals surface area contributed by atoms with Crippen LogP contribution in [0, 0.1) is 5.92 Å². The van der Waals surface area contributed by atoms with Gasteiger partial charge in [0, 0.05) is 35.4 Å². The van der Waals surface area contributed by atoms with Gasteiger partial charge in [-0.15, -0.1) is 0 Å². The molecule has 3 heterocycles. The van der Waals surface area contributed by atoms with E-state index in [-0.39, 0.29) is 5.56 Å². The minimum Gasteiger partial charge on any atom is -0.477 e. The predicted molar refractivity (Wildman–Crippen MR) is 101 cm³/mol. The monoisotopic (exact) mass is 370 g/mol. The molecule has 134 valence electrons. The van der Waals surface area contributed by atoms with Crippen LogP contribution in [0.5, 0.6) is 0 Å². The summed E-state index contributed by atoms with van der Waals surface area (Å²) < 4.78 is 1.64. The van der Waals surface area contributed by atoms with E-state index in [0.29, 0.717) is 16.6 Å². The summed E-state index contributed by atoms with van der Waals surface area (Å²) in [6, 6.07) is 7.60. The molecular weight excluding hydrogens is 352 g/mol. The van der Waals surface area contributed by atoms with Crippen molar-refractivity contribution in [2.75, 3.05) is 18.0 Å². The molecule has 1 N–H and O–H groups in total. The van der Waals surface area contributed by atoms with E-state index < -0.39 is 5.97 Å². The Morgan fingerprint density at radius 3 is 2.62 bits per heavy atom. The summed E-state index contributed by atoms with van der Waals surface area (Å²) in [4.78, 5) is 18.1. The van der Waals surface area contributed by atoms with Gasteiger partial charge in [0.2, 0.25) is 0 Å². The highest BCUT2D eigenvalue weighted by atomic mass is 35.5. The first-order valence-corrected chi connectivity index (χ1v) is 9.04. The van der Waals surface area contributed by atoms with Crippen molar-refractivity contribution in [1.29, 1.82) is 0 Å². The lowest BCUT2D eigenvalue weighted by Gasteiger charge is -2.33. The number of carboxylic acids is 1. The number of halogens is 1. The molecule has 2 aromatic heterocycles. The number of hydrogen-bond acceptors (Lipinski definition) is 4. The minimum absolute atomic E-state index is 0.0994. The van der Waals surface area contributed by atoms with Crippen LogP contribution >= 0.6 is 11.6 Å². The van der Waals surface area contributed by atoms with Crippen molar-refractivity contribution in [1.82, 2.24) is 14.6 Å². The third-order valence-electron chi connectivity index (χ3n) is 4.98. The fourth-order valence-corrected chi connectivity index (χ4v) is 3.70. The molecule has 0 atom stereocenters. The summed E-state index contributed by atoms with van der Waals surface area (Å²) in [5.74, 6) is 0.498. The highest BCUT2D eigenvalue weighted by molar-refractivity contribution is 6.33. The van der Waals surface area contributed by atoms with Crippen LogP contribution in [0.1, 0.15) is 30.1 Å². The lowest BCUT2D eigenvalue weighted by Crippen LogP contribution is -2.34. The van der Waals surface area contributed by atoms with Gasteiger partial charge in [-0.3, -0.25) is 0 Å². The number of fused-ring (bicyclic) bond motifs is 1. The van der Waals surface area contributed by atoms with Crippen molar-refractivity contribution < 1.29 is 9.90 Å². The Labute approximate surface area is 156 Å². The van der Waals surface area contributed by atoms with E-state index in [4.69, 9.17) is 11.6 Å². The number of anilines is 1. The van der Waals surface area contributed by atoms with Crippen LogP contribution in [0.2, 0.25) is 5.02 Å². The lowest BCUT2D eigenvalue weighted by atomic mass is 9.98. The number of carboxylic acid groups (broad SMARTS) is 1. The smallest absolute Gasteiger partial charge is 0.341 e. The minimum atomic E-state index is -1.03. The van der Waals surface area contributed by atoms with Gasteiger partial charge in [0.15, 0.2) is 5.65 Å². The number of piperidine rings is 1. The predicted octanol–water partition coefficient (Wildman–Crippen LogP) is 3.98. The summed E-state index contributed by atoms with van der Waals surface area (Å²) in [6.07, 6.45) is 5.23. The third kappa shape index (κ3) is 2.80. The molecule has 1 saturated heterocycles. The van der Waals surface area contributed by atoms with Crippen LogP contribution in [-0.4, -0.2) is 38.8 Å². The molecule has 0 saturated carbocycles. The molecule has 1 aromatic carbocycles. The second kappa shape index (κ2) is 6.61. The molecule has 0 spiro atoms. The molecule has 0 bridgehead atoms. The SMILES string of the molecule is CC1CCN(c2c(-c3ccccc3Cl)cnc3c(C(=O)O)cnn23)CC1. The van der Waals surface area contributed by atoms with Gasteiger partial charge in [-0.1, -0.05) is 36.7 Å². The zero-order valence-electron chi connectivity index (χ0n) is 14.4. The Kier molecular flexibility index (Phi) is 4.28. The molecule has 0 aliphatic carbocycles. The van der Waals surface area contributed by atoms with Gasteiger partial charge in [0.25, 0.3) is 0 Å². The Balaban J connectivity index is 1.95. The molecule has 1 fully saturated rings. The zero-order chi connectivity index (χ0) is 18.3. The maximum absolute atomic E-state index is 11.5. The summed E-state index contributed by atoms with van der Waals surface area (Å²) in [5, 5.41) is 14.4. The van der Waals surface area contributed by atoms with Crippen molar-refractivity contribution >= 4 is 29.0 Å². The van der Waals surface area contributed by atoms with Crippen LogP contribution in [0.3, 0.4) is 0 Å². The molecule has 4 rings (SSSR count). The van der Waals surface area contributed by atoms with Gasteiger partial charge in [-0.05, 0) is 24.8 Å². The van der Waals surface area contributed by atoms with Gasteiger partial charge < -0.3 is 10.0 Å². The molecule has 7 heteroatoms. The number of carbonyl (C=O) groups is 1. The quantitative estimate of drug-likeness (QED) is 0.755. The first-order chi connectivity index (χ1) is 12.6. The number of aromatic carboxylic acids is 1. The number of benzene rings is 1.